The van der Waals surface area contributed by atoms with Crippen LogP contribution in [-0.4, -0.2) is 53.6 Å². The maximum atomic E-state index is 12.4. The number of alkyl halides is 2. The number of hydrogen-bond donors (Lipinski definition) is 1. The fraction of sp³-hybridized carbons (Fsp3) is 0.333. The zero-order valence-electron chi connectivity index (χ0n) is 14.4. The predicted octanol–water partition coefficient (Wildman–Crippen LogP) is 3.69. The van der Waals surface area contributed by atoms with Crippen molar-refractivity contribution >= 4 is 23.3 Å². The number of carbonyl (C=O) groups is 1. The highest BCUT2D eigenvalue weighted by Gasteiger charge is 2.21. The second-order valence-electron chi connectivity index (χ2n) is 6.08. The second kappa shape index (κ2) is 8.96. The molecule has 2 amide bonds. The monoisotopic (exact) mass is 396 g/mol. The highest BCUT2D eigenvalue weighted by Crippen LogP contribution is 2.29. The van der Waals surface area contributed by atoms with Crippen molar-refractivity contribution in [3.05, 3.63) is 53.3 Å². The maximum absolute atomic E-state index is 12.4. The Morgan fingerprint density at radius 2 is 2.04 bits per heavy atom. The van der Waals surface area contributed by atoms with E-state index in [0.29, 0.717) is 18.8 Å². The molecule has 0 radical (unpaired) electrons. The van der Waals surface area contributed by atoms with E-state index in [-0.39, 0.29) is 16.8 Å². The quantitative estimate of drug-likeness (QED) is 0.837. The number of urea groups is 1. The number of pyridine rings is 1. The standard InChI is InChI=1S/C18H19ClF2N4O2/c19-15-10-14(3-4-16(15)27-17(20)21)23-18(26)25-8-6-24(7-9-25)12-13-2-1-5-22-11-13/h1-5,10-11,17H,6-9,12H2,(H,23,26). The van der Waals surface area contributed by atoms with Crippen LogP contribution < -0.4 is 10.1 Å². The van der Waals surface area contributed by atoms with Crippen LogP contribution >= 0.6 is 11.6 Å². The van der Waals surface area contributed by atoms with Gasteiger partial charge in [0.25, 0.3) is 0 Å². The molecule has 1 aliphatic heterocycles. The fourth-order valence-corrected chi connectivity index (χ4v) is 3.06. The number of aromatic nitrogens is 1. The molecule has 9 heteroatoms. The molecule has 0 spiro atoms. The Labute approximate surface area is 160 Å². The normalized spacial score (nSPS) is 15.0. The van der Waals surface area contributed by atoms with E-state index in [1.165, 1.54) is 18.2 Å². The van der Waals surface area contributed by atoms with Crippen molar-refractivity contribution < 1.29 is 18.3 Å². The summed E-state index contributed by atoms with van der Waals surface area (Å²) in [4.78, 5) is 20.5. The summed E-state index contributed by atoms with van der Waals surface area (Å²) in [5.74, 6) is -0.131. The number of piperazine rings is 1. The highest BCUT2D eigenvalue weighted by molar-refractivity contribution is 6.32. The molecule has 2 aromatic rings. The van der Waals surface area contributed by atoms with Gasteiger partial charge in [-0.25, -0.2) is 4.79 Å². The lowest BCUT2D eigenvalue weighted by Crippen LogP contribution is -2.49. The summed E-state index contributed by atoms with van der Waals surface area (Å²) in [5.41, 5.74) is 1.56. The molecule has 3 rings (SSSR count). The van der Waals surface area contributed by atoms with Crippen molar-refractivity contribution in [2.75, 3.05) is 31.5 Å². The van der Waals surface area contributed by atoms with Crippen LogP contribution in [0.25, 0.3) is 0 Å². The van der Waals surface area contributed by atoms with Gasteiger partial charge in [-0.15, -0.1) is 0 Å². The van der Waals surface area contributed by atoms with Crippen LogP contribution in [0.1, 0.15) is 5.56 Å². The molecule has 0 unspecified atom stereocenters. The first-order valence-electron chi connectivity index (χ1n) is 8.43. The molecule has 0 aliphatic carbocycles. The number of carbonyl (C=O) groups excluding carboxylic acids is 1. The van der Waals surface area contributed by atoms with Crippen molar-refractivity contribution in [1.82, 2.24) is 14.8 Å². The van der Waals surface area contributed by atoms with Gasteiger partial charge in [0.1, 0.15) is 5.75 Å². The van der Waals surface area contributed by atoms with E-state index in [4.69, 9.17) is 11.6 Å². The Kier molecular flexibility index (Phi) is 6.41. The molecule has 1 N–H and O–H groups in total. The van der Waals surface area contributed by atoms with Crippen LogP contribution in [-0.2, 0) is 6.54 Å². The average Bonchev–Trinajstić information content (AvgIpc) is 2.65. The molecule has 6 nitrogen and oxygen atoms in total. The van der Waals surface area contributed by atoms with Crippen LogP contribution in [0.4, 0.5) is 19.3 Å². The number of amides is 2. The van der Waals surface area contributed by atoms with Crippen LogP contribution in [0.15, 0.2) is 42.7 Å². The van der Waals surface area contributed by atoms with E-state index in [1.54, 1.807) is 11.1 Å². The van der Waals surface area contributed by atoms with Crippen LogP contribution in [0, 0.1) is 0 Å². The summed E-state index contributed by atoms with van der Waals surface area (Å²) in [5, 5.41) is 2.74. The summed E-state index contributed by atoms with van der Waals surface area (Å²) in [6, 6.07) is 7.83. The SMILES string of the molecule is O=C(Nc1ccc(OC(F)F)c(Cl)c1)N1CCN(Cc2cccnc2)CC1. The molecule has 0 saturated carbocycles. The third-order valence-electron chi connectivity index (χ3n) is 4.19. The molecule has 1 saturated heterocycles. The Balaban J connectivity index is 1.50. The van der Waals surface area contributed by atoms with Gasteiger partial charge in [0.2, 0.25) is 0 Å². The Bertz CT molecular complexity index is 771. The Morgan fingerprint density at radius 3 is 2.67 bits per heavy atom. The molecule has 1 fully saturated rings. The molecule has 1 aromatic heterocycles. The van der Waals surface area contributed by atoms with Crippen molar-refractivity contribution in [1.29, 1.82) is 0 Å². The Hall–Kier alpha value is -2.45. The van der Waals surface area contributed by atoms with Crippen LogP contribution in [0.2, 0.25) is 5.02 Å². The van der Waals surface area contributed by atoms with E-state index < -0.39 is 6.61 Å². The summed E-state index contributed by atoms with van der Waals surface area (Å²) < 4.78 is 28.8. The first-order valence-corrected chi connectivity index (χ1v) is 8.80. The van der Waals surface area contributed by atoms with Gasteiger partial charge < -0.3 is 15.0 Å². The highest BCUT2D eigenvalue weighted by atomic mass is 35.5. The predicted molar refractivity (Wildman–Crippen MR) is 98.2 cm³/mol. The lowest BCUT2D eigenvalue weighted by Gasteiger charge is -2.34. The summed E-state index contributed by atoms with van der Waals surface area (Å²) >= 11 is 5.90. The lowest BCUT2D eigenvalue weighted by molar-refractivity contribution is -0.0497. The minimum Gasteiger partial charge on any atom is -0.433 e. The molecule has 27 heavy (non-hydrogen) atoms. The molecule has 2 heterocycles. The molecule has 1 aromatic carbocycles. The maximum Gasteiger partial charge on any atom is 0.387 e. The average molecular weight is 397 g/mol. The van der Waals surface area contributed by atoms with Crippen LogP contribution in [0.5, 0.6) is 5.75 Å². The molecule has 0 bridgehead atoms. The molecular formula is C18H19ClF2N4O2. The number of benzene rings is 1. The van der Waals surface area contributed by atoms with Gasteiger partial charge in [0.05, 0.1) is 5.02 Å². The minimum atomic E-state index is -2.95. The number of halogens is 3. The van der Waals surface area contributed by atoms with E-state index >= 15 is 0 Å². The van der Waals surface area contributed by atoms with Crippen molar-refractivity contribution in [3.63, 3.8) is 0 Å². The number of nitrogens with zero attached hydrogens (tertiary/aromatic N) is 3. The minimum absolute atomic E-state index is 0.00869. The molecule has 0 atom stereocenters. The van der Waals surface area contributed by atoms with Crippen LogP contribution in [0.3, 0.4) is 0 Å². The zero-order valence-corrected chi connectivity index (χ0v) is 15.2. The van der Waals surface area contributed by atoms with Crippen molar-refractivity contribution in [3.8, 4) is 5.75 Å². The second-order valence-corrected chi connectivity index (χ2v) is 6.49. The number of hydrogen-bond acceptors (Lipinski definition) is 4. The third-order valence-corrected chi connectivity index (χ3v) is 4.48. The van der Waals surface area contributed by atoms with Crippen molar-refractivity contribution in [2.45, 2.75) is 13.2 Å². The van der Waals surface area contributed by atoms with Gasteiger partial charge in [0, 0.05) is 50.8 Å². The van der Waals surface area contributed by atoms with Gasteiger partial charge in [-0.2, -0.15) is 8.78 Å². The zero-order chi connectivity index (χ0) is 19.2. The van der Waals surface area contributed by atoms with Gasteiger partial charge in [-0.05, 0) is 29.8 Å². The van der Waals surface area contributed by atoms with E-state index in [9.17, 15) is 13.6 Å². The van der Waals surface area contributed by atoms with Gasteiger partial charge in [-0.3, -0.25) is 9.88 Å². The topological polar surface area (TPSA) is 57.7 Å². The van der Waals surface area contributed by atoms with Gasteiger partial charge in [-0.1, -0.05) is 17.7 Å². The van der Waals surface area contributed by atoms with Gasteiger partial charge >= 0.3 is 12.6 Å². The molecule has 144 valence electrons. The number of anilines is 1. The first-order chi connectivity index (χ1) is 13.0. The van der Waals surface area contributed by atoms with Crippen molar-refractivity contribution in [2.24, 2.45) is 0 Å². The summed E-state index contributed by atoms with van der Waals surface area (Å²) in [6.45, 7) is 0.531. The number of ether oxygens (including phenoxy) is 1. The van der Waals surface area contributed by atoms with E-state index in [1.807, 2.05) is 18.3 Å². The number of rotatable bonds is 5. The fourth-order valence-electron chi connectivity index (χ4n) is 2.83. The lowest BCUT2D eigenvalue weighted by atomic mass is 10.2. The first kappa shape index (κ1) is 19.3. The number of nitrogens with one attached hydrogen (secondary N) is 1. The Morgan fingerprint density at radius 1 is 1.26 bits per heavy atom. The summed E-state index contributed by atoms with van der Waals surface area (Å²) in [7, 11) is 0. The molecule has 1 aliphatic rings. The third kappa shape index (κ3) is 5.51. The smallest absolute Gasteiger partial charge is 0.387 e. The largest absolute Gasteiger partial charge is 0.433 e. The van der Waals surface area contributed by atoms with E-state index in [0.717, 1.165) is 25.2 Å². The van der Waals surface area contributed by atoms with Gasteiger partial charge in [0.15, 0.2) is 0 Å². The van der Waals surface area contributed by atoms with E-state index in [2.05, 4.69) is 19.9 Å². The summed E-state index contributed by atoms with van der Waals surface area (Å²) in [6.07, 6.45) is 3.58. The molecular weight excluding hydrogens is 378 g/mol.